The molecule has 0 unspecified atom stereocenters. The van der Waals surface area contributed by atoms with Crippen molar-refractivity contribution < 1.29 is 19.7 Å². The first-order chi connectivity index (χ1) is 16.9. The molecular weight excluding hydrogens is 490 g/mol. The quantitative estimate of drug-likeness (QED) is 0.184. The number of hydrogen-bond acceptors (Lipinski definition) is 8. The van der Waals surface area contributed by atoms with E-state index in [-0.39, 0.29) is 23.2 Å². The number of phenolic OH excluding ortho intramolecular Hbond substituents is 2. The summed E-state index contributed by atoms with van der Waals surface area (Å²) >= 11 is 7.25. The van der Waals surface area contributed by atoms with Gasteiger partial charge in [-0.15, -0.1) is 10.2 Å². The number of carbonyl (C=O) groups is 1. The molecule has 0 saturated carbocycles. The zero-order valence-electron chi connectivity index (χ0n) is 18.4. The van der Waals surface area contributed by atoms with Crippen LogP contribution in [0, 0.1) is 0 Å². The summed E-state index contributed by atoms with van der Waals surface area (Å²) < 4.78 is 7.07. The minimum absolute atomic E-state index is 0.0211. The normalized spacial score (nSPS) is 11.0. The van der Waals surface area contributed by atoms with E-state index in [4.69, 9.17) is 16.3 Å². The summed E-state index contributed by atoms with van der Waals surface area (Å²) in [5.74, 6) is 0.741. The molecule has 3 N–H and O–H groups in total. The Balaban J connectivity index is 1.51. The molecule has 9 nitrogen and oxygen atoms in total. The first kappa shape index (κ1) is 24.1. The van der Waals surface area contributed by atoms with Crippen molar-refractivity contribution in [3.8, 4) is 34.3 Å². The Hall–Kier alpha value is -4.02. The number of ether oxygens (including phenoxy) is 1. The summed E-state index contributed by atoms with van der Waals surface area (Å²) in [6.07, 6.45) is 1.29. The van der Waals surface area contributed by atoms with E-state index in [1.807, 2.05) is 41.0 Å². The van der Waals surface area contributed by atoms with Gasteiger partial charge in [0.05, 0.1) is 19.1 Å². The summed E-state index contributed by atoms with van der Waals surface area (Å²) in [5.41, 5.74) is 4.37. The lowest BCUT2D eigenvalue weighted by molar-refractivity contribution is -0.118. The van der Waals surface area contributed by atoms with Gasteiger partial charge in [0.15, 0.2) is 11.0 Å². The number of nitrogens with zero attached hydrogens (tertiary/aromatic N) is 4. The van der Waals surface area contributed by atoms with Crippen LogP contribution in [-0.4, -0.2) is 50.0 Å². The Morgan fingerprint density at radius 1 is 1.11 bits per heavy atom. The van der Waals surface area contributed by atoms with E-state index in [1.54, 1.807) is 19.2 Å². The van der Waals surface area contributed by atoms with Crippen LogP contribution < -0.4 is 10.2 Å². The van der Waals surface area contributed by atoms with Crippen molar-refractivity contribution in [3.05, 3.63) is 77.3 Å². The molecule has 0 radical (unpaired) electrons. The third kappa shape index (κ3) is 5.92. The molecule has 0 fully saturated rings. The second-order valence-electron chi connectivity index (χ2n) is 7.17. The number of phenols is 2. The van der Waals surface area contributed by atoms with E-state index in [1.165, 1.54) is 36.2 Å². The molecule has 0 aliphatic heterocycles. The molecule has 3 aromatic carbocycles. The maximum atomic E-state index is 12.3. The molecule has 1 aromatic heterocycles. The van der Waals surface area contributed by atoms with Gasteiger partial charge >= 0.3 is 0 Å². The first-order valence-corrected chi connectivity index (χ1v) is 11.6. The largest absolute Gasteiger partial charge is 0.508 e. The van der Waals surface area contributed by atoms with Crippen LogP contribution in [-0.2, 0) is 4.79 Å². The smallest absolute Gasteiger partial charge is 0.250 e. The van der Waals surface area contributed by atoms with Crippen molar-refractivity contribution in [2.75, 3.05) is 12.9 Å². The second-order valence-corrected chi connectivity index (χ2v) is 8.55. The third-order valence-electron chi connectivity index (χ3n) is 4.81. The number of aromatic hydroxyl groups is 2. The highest BCUT2D eigenvalue weighted by Crippen LogP contribution is 2.29. The van der Waals surface area contributed by atoms with Gasteiger partial charge in [0.25, 0.3) is 5.91 Å². The molecule has 4 aromatic rings. The number of rotatable bonds is 8. The fourth-order valence-corrected chi connectivity index (χ4v) is 3.96. The standard InChI is InChI=1S/C24H20ClN5O4S/c1-34-20-10-3-15(4-11-20)23-28-29-24(30(23)18-7-5-17(25)6-8-18)35-14-22(33)27-26-13-16-2-9-19(31)12-21(16)32/h2-13,31-32H,14H2,1H3,(H,27,33)/b26-13+. The van der Waals surface area contributed by atoms with Gasteiger partial charge in [-0.05, 0) is 60.7 Å². The van der Waals surface area contributed by atoms with Gasteiger partial charge in [-0.1, -0.05) is 23.4 Å². The van der Waals surface area contributed by atoms with Crippen LogP contribution in [0.1, 0.15) is 5.56 Å². The van der Waals surface area contributed by atoms with Crippen LogP contribution in [0.4, 0.5) is 0 Å². The Morgan fingerprint density at radius 2 is 1.86 bits per heavy atom. The predicted octanol–water partition coefficient (Wildman–Crippen LogP) is 4.25. The number of benzene rings is 3. The number of nitrogens with one attached hydrogen (secondary N) is 1. The van der Waals surface area contributed by atoms with Gasteiger partial charge in [-0.2, -0.15) is 5.10 Å². The van der Waals surface area contributed by atoms with Crippen molar-refractivity contribution in [2.45, 2.75) is 5.16 Å². The van der Waals surface area contributed by atoms with E-state index in [9.17, 15) is 15.0 Å². The van der Waals surface area contributed by atoms with E-state index in [2.05, 4.69) is 20.7 Å². The van der Waals surface area contributed by atoms with Gasteiger partial charge in [0.2, 0.25) is 0 Å². The lowest BCUT2D eigenvalue weighted by Gasteiger charge is -2.11. The number of aromatic nitrogens is 3. The molecule has 1 heterocycles. The van der Waals surface area contributed by atoms with Crippen LogP contribution in [0.15, 0.2) is 77.0 Å². The molecule has 0 saturated heterocycles. The number of methoxy groups -OCH3 is 1. The van der Waals surface area contributed by atoms with E-state index in [0.717, 1.165) is 17.0 Å². The highest BCUT2D eigenvalue weighted by atomic mass is 35.5. The van der Waals surface area contributed by atoms with Crippen LogP contribution in [0.5, 0.6) is 17.2 Å². The molecule has 4 rings (SSSR count). The highest BCUT2D eigenvalue weighted by molar-refractivity contribution is 7.99. The lowest BCUT2D eigenvalue weighted by Crippen LogP contribution is -2.20. The SMILES string of the molecule is COc1ccc(-c2nnc(SCC(=O)N/N=C/c3ccc(O)cc3O)n2-c2ccc(Cl)cc2)cc1. The number of hydrazone groups is 1. The Labute approximate surface area is 210 Å². The molecule has 1 amide bonds. The van der Waals surface area contributed by atoms with Crippen molar-refractivity contribution in [3.63, 3.8) is 0 Å². The molecule has 0 aliphatic rings. The number of carbonyl (C=O) groups excluding carboxylic acids is 1. The lowest BCUT2D eigenvalue weighted by atomic mass is 10.2. The van der Waals surface area contributed by atoms with Crippen LogP contribution >= 0.6 is 23.4 Å². The molecule has 0 spiro atoms. The van der Waals surface area contributed by atoms with Crippen molar-refractivity contribution in [1.29, 1.82) is 0 Å². The molecule has 0 atom stereocenters. The fourth-order valence-electron chi connectivity index (χ4n) is 3.09. The maximum absolute atomic E-state index is 12.3. The maximum Gasteiger partial charge on any atom is 0.250 e. The predicted molar refractivity (Wildman–Crippen MR) is 135 cm³/mol. The average molecular weight is 510 g/mol. The number of hydrogen-bond donors (Lipinski definition) is 3. The zero-order valence-corrected chi connectivity index (χ0v) is 20.0. The average Bonchev–Trinajstić information content (AvgIpc) is 3.28. The van der Waals surface area contributed by atoms with Crippen molar-refractivity contribution >= 4 is 35.5 Å². The third-order valence-corrected chi connectivity index (χ3v) is 5.99. The zero-order chi connectivity index (χ0) is 24.8. The monoisotopic (exact) mass is 509 g/mol. The summed E-state index contributed by atoms with van der Waals surface area (Å²) in [7, 11) is 1.60. The topological polar surface area (TPSA) is 122 Å². The first-order valence-electron chi connectivity index (χ1n) is 10.3. The van der Waals surface area contributed by atoms with E-state index >= 15 is 0 Å². The second kappa shape index (κ2) is 10.9. The number of halogens is 1. The fraction of sp³-hybridized carbons (Fsp3) is 0.0833. The minimum atomic E-state index is -0.374. The Morgan fingerprint density at radius 3 is 2.54 bits per heavy atom. The Kier molecular flexibility index (Phi) is 7.54. The van der Waals surface area contributed by atoms with Gasteiger partial charge < -0.3 is 14.9 Å². The molecule has 11 heteroatoms. The summed E-state index contributed by atoms with van der Waals surface area (Å²) in [6.45, 7) is 0. The van der Waals surface area contributed by atoms with Crippen LogP contribution in [0.3, 0.4) is 0 Å². The van der Waals surface area contributed by atoms with Gasteiger partial charge in [-0.25, -0.2) is 5.43 Å². The van der Waals surface area contributed by atoms with E-state index in [0.29, 0.717) is 21.6 Å². The summed E-state index contributed by atoms with van der Waals surface area (Å²) in [4.78, 5) is 12.3. The number of thioether (sulfide) groups is 1. The molecule has 178 valence electrons. The molecular formula is C24H20ClN5O4S. The molecule has 0 aliphatic carbocycles. The highest BCUT2D eigenvalue weighted by Gasteiger charge is 2.17. The van der Waals surface area contributed by atoms with E-state index < -0.39 is 0 Å². The van der Waals surface area contributed by atoms with Gasteiger partial charge in [0.1, 0.15) is 17.2 Å². The van der Waals surface area contributed by atoms with Crippen molar-refractivity contribution in [1.82, 2.24) is 20.2 Å². The summed E-state index contributed by atoms with van der Waals surface area (Å²) in [6, 6.07) is 18.7. The Bertz CT molecular complexity index is 1360. The van der Waals surface area contributed by atoms with Crippen LogP contribution in [0.2, 0.25) is 5.02 Å². The van der Waals surface area contributed by atoms with Crippen LogP contribution in [0.25, 0.3) is 17.1 Å². The van der Waals surface area contributed by atoms with Crippen molar-refractivity contribution in [2.24, 2.45) is 5.10 Å². The number of amides is 1. The minimum Gasteiger partial charge on any atom is -0.508 e. The van der Waals surface area contributed by atoms with Gasteiger partial charge in [-0.3, -0.25) is 9.36 Å². The van der Waals surface area contributed by atoms with Gasteiger partial charge in [0, 0.05) is 27.9 Å². The molecule has 0 bridgehead atoms. The summed E-state index contributed by atoms with van der Waals surface area (Å²) in [5, 5.41) is 32.7. The molecule has 35 heavy (non-hydrogen) atoms.